The minimum atomic E-state index is 0.616. The Kier molecular flexibility index (Phi) is 3.54. The van der Waals surface area contributed by atoms with Crippen molar-refractivity contribution in [1.29, 1.82) is 0 Å². The molecule has 2 aromatic rings. The fourth-order valence-corrected chi connectivity index (χ4v) is 2.69. The van der Waals surface area contributed by atoms with Gasteiger partial charge in [-0.1, -0.05) is 0 Å². The highest BCUT2D eigenvalue weighted by Crippen LogP contribution is 2.24. The molecule has 3 heterocycles. The monoisotopic (exact) mass is 273 g/mol. The SMILES string of the molecule is COc1ccnc(N2CCC(Cc3cnn(C)c3)C2)n1. The van der Waals surface area contributed by atoms with E-state index in [0.717, 1.165) is 31.9 Å². The highest BCUT2D eigenvalue weighted by atomic mass is 16.5. The lowest BCUT2D eigenvalue weighted by atomic mass is 10.0. The number of nitrogens with zero attached hydrogens (tertiary/aromatic N) is 5. The molecule has 0 aliphatic carbocycles. The minimum Gasteiger partial charge on any atom is -0.481 e. The highest BCUT2D eigenvalue weighted by Gasteiger charge is 2.25. The van der Waals surface area contributed by atoms with Gasteiger partial charge in [0, 0.05) is 38.6 Å². The van der Waals surface area contributed by atoms with Crippen molar-refractivity contribution in [2.45, 2.75) is 12.8 Å². The van der Waals surface area contributed by atoms with Crippen LogP contribution in [0.3, 0.4) is 0 Å². The predicted molar refractivity (Wildman–Crippen MR) is 75.8 cm³/mol. The van der Waals surface area contributed by atoms with Gasteiger partial charge in [-0.15, -0.1) is 0 Å². The van der Waals surface area contributed by atoms with Gasteiger partial charge in [-0.05, 0) is 24.3 Å². The molecule has 0 N–H and O–H groups in total. The van der Waals surface area contributed by atoms with E-state index in [1.165, 1.54) is 5.56 Å². The lowest BCUT2D eigenvalue weighted by molar-refractivity contribution is 0.397. The molecular weight excluding hydrogens is 254 g/mol. The van der Waals surface area contributed by atoms with Crippen LogP contribution in [0.1, 0.15) is 12.0 Å². The molecule has 1 aliphatic heterocycles. The second-order valence-electron chi connectivity index (χ2n) is 5.23. The Labute approximate surface area is 118 Å². The third-order valence-electron chi connectivity index (χ3n) is 3.68. The van der Waals surface area contributed by atoms with Gasteiger partial charge < -0.3 is 9.64 Å². The van der Waals surface area contributed by atoms with Crippen LogP contribution in [0.4, 0.5) is 5.95 Å². The summed E-state index contributed by atoms with van der Waals surface area (Å²) in [6.07, 6.45) is 8.01. The van der Waals surface area contributed by atoms with Crippen LogP contribution >= 0.6 is 0 Å². The smallest absolute Gasteiger partial charge is 0.228 e. The average Bonchev–Trinajstić information content (AvgIpc) is 3.09. The molecule has 0 saturated carbocycles. The Balaban J connectivity index is 1.64. The van der Waals surface area contributed by atoms with Crippen LogP contribution in [0.2, 0.25) is 0 Å². The number of aromatic nitrogens is 4. The van der Waals surface area contributed by atoms with Gasteiger partial charge in [-0.2, -0.15) is 10.1 Å². The number of hydrogen-bond acceptors (Lipinski definition) is 5. The van der Waals surface area contributed by atoms with Crippen LogP contribution in [0, 0.1) is 5.92 Å². The molecule has 1 fully saturated rings. The fourth-order valence-electron chi connectivity index (χ4n) is 2.69. The van der Waals surface area contributed by atoms with Gasteiger partial charge in [0.25, 0.3) is 0 Å². The Bertz CT molecular complexity index is 582. The molecular formula is C14H19N5O. The van der Waals surface area contributed by atoms with Gasteiger partial charge in [-0.3, -0.25) is 4.68 Å². The summed E-state index contributed by atoms with van der Waals surface area (Å²) >= 11 is 0. The van der Waals surface area contributed by atoms with E-state index in [0.29, 0.717) is 11.8 Å². The van der Waals surface area contributed by atoms with Crippen molar-refractivity contribution in [3.8, 4) is 5.88 Å². The lowest BCUT2D eigenvalue weighted by Gasteiger charge is -2.16. The zero-order valence-corrected chi connectivity index (χ0v) is 11.9. The summed E-state index contributed by atoms with van der Waals surface area (Å²) in [4.78, 5) is 11.0. The number of methoxy groups -OCH3 is 1. The van der Waals surface area contributed by atoms with E-state index < -0.39 is 0 Å². The van der Waals surface area contributed by atoms with Crippen LogP contribution in [0.15, 0.2) is 24.7 Å². The summed E-state index contributed by atoms with van der Waals surface area (Å²) in [6, 6.07) is 1.77. The Morgan fingerprint density at radius 3 is 3.10 bits per heavy atom. The molecule has 1 saturated heterocycles. The van der Waals surface area contributed by atoms with Crippen molar-refractivity contribution < 1.29 is 4.74 Å². The van der Waals surface area contributed by atoms with Crippen LogP contribution in [-0.2, 0) is 13.5 Å². The number of rotatable bonds is 4. The Morgan fingerprint density at radius 1 is 1.45 bits per heavy atom. The maximum absolute atomic E-state index is 5.15. The van der Waals surface area contributed by atoms with Gasteiger partial charge in [-0.25, -0.2) is 4.98 Å². The zero-order valence-electron chi connectivity index (χ0n) is 11.9. The first-order chi connectivity index (χ1) is 9.74. The molecule has 0 spiro atoms. The first kappa shape index (κ1) is 12.9. The summed E-state index contributed by atoms with van der Waals surface area (Å²) < 4.78 is 7.01. The molecule has 20 heavy (non-hydrogen) atoms. The lowest BCUT2D eigenvalue weighted by Crippen LogP contribution is -2.22. The van der Waals surface area contributed by atoms with Crippen LogP contribution in [-0.4, -0.2) is 39.9 Å². The van der Waals surface area contributed by atoms with Gasteiger partial charge in [0.15, 0.2) is 0 Å². The third-order valence-corrected chi connectivity index (χ3v) is 3.68. The number of anilines is 1. The molecule has 6 nitrogen and oxygen atoms in total. The molecule has 2 aromatic heterocycles. The van der Waals surface area contributed by atoms with Crippen LogP contribution in [0.5, 0.6) is 5.88 Å². The van der Waals surface area contributed by atoms with E-state index >= 15 is 0 Å². The molecule has 0 radical (unpaired) electrons. The third kappa shape index (κ3) is 2.74. The number of aryl methyl sites for hydroxylation is 1. The standard InChI is InChI=1S/C14H19N5O/c1-18-9-12(8-16-18)7-11-4-6-19(10-11)14-15-5-3-13(17-14)20-2/h3,5,8-9,11H,4,6-7,10H2,1-2H3. The largest absolute Gasteiger partial charge is 0.481 e. The highest BCUT2D eigenvalue weighted by molar-refractivity contribution is 5.33. The summed E-state index contributed by atoms with van der Waals surface area (Å²) in [5, 5.41) is 4.22. The number of ether oxygens (including phenoxy) is 1. The molecule has 6 heteroatoms. The van der Waals surface area contributed by atoms with E-state index in [-0.39, 0.29) is 0 Å². The van der Waals surface area contributed by atoms with E-state index in [2.05, 4.69) is 26.2 Å². The average molecular weight is 273 g/mol. The summed E-state index contributed by atoms with van der Waals surface area (Å²) in [5.74, 6) is 2.01. The van der Waals surface area contributed by atoms with Crippen LogP contribution in [0.25, 0.3) is 0 Å². The van der Waals surface area contributed by atoms with E-state index in [1.807, 2.05) is 17.9 Å². The van der Waals surface area contributed by atoms with Crippen molar-refractivity contribution in [3.05, 3.63) is 30.2 Å². The van der Waals surface area contributed by atoms with Gasteiger partial charge in [0.05, 0.1) is 13.3 Å². The van der Waals surface area contributed by atoms with Crippen molar-refractivity contribution in [1.82, 2.24) is 19.7 Å². The van der Waals surface area contributed by atoms with Gasteiger partial charge in [0.2, 0.25) is 11.8 Å². The zero-order chi connectivity index (χ0) is 13.9. The molecule has 3 rings (SSSR count). The van der Waals surface area contributed by atoms with Crippen molar-refractivity contribution in [2.75, 3.05) is 25.1 Å². The molecule has 0 amide bonds. The molecule has 0 bridgehead atoms. The van der Waals surface area contributed by atoms with E-state index in [4.69, 9.17) is 4.74 Å². The maximum atomic E-state index is 5.15. The van der Waals surface area contributed by atoms with Gasteiger partial charge in [0.1, 0.15) is 0 Å². The molecule has 1 unspecified atom stereocenters. The van der Waals surface area contributed by atoms with Crippen molar-refractivity contribution >= 4 is 5.95 Å². The molecule has 1 aliphatic rings. The maximum Gasteiger partial charge on any atom is 0.228 e. The topological polar surface area (TPSA) is 56.1 Å². The van der Waals surface area contributed by atoms with E-state index in [1.54, 1.807) is 19.4 Å². The molecule has 0 aromatic carbocycles. The first-order valence-electron chi connectivity index (χ1n) is 6.84. The van der Waals surface area contributed by atoms with Crippen molar-refractivity contribution in [3.63, 3.8) is 0 Å². The number of hydrogen-bond donors (Lipinski definition) is 0. The predicted octanol–water partition coefficient (Wildman–Crippen LogP) is 1.29. The van der Waals surface area contributed by atoms with E-state index in [9.17, 15) is 0 Å². The second kappa shape index (κ2) is 5.48. The normalized spacial score (nSPS) is 18.5. The summed E-state index contributed by atoms with van der Waals surface area (Å²) in [7, 11) is 3.58. The first-order valence-corrected chi connectivity index (χ1v) is 6.84. The quantitative estimate of drug-likeness (QED) is 0.840. The molecule has 1 atom stereocenters. The molecule has 106 valence electrons. The van der Waals surface area contributed by atoms with Crippen molar-refractivity contribution in [2.24, 2.45) is 13.0 Å². The second-order valence-corrected chi connectivity index (χ2v) is 5.23. The minimum absolute atomic E-state index is 0.616. The van der Waals surface area contributed by atoms with Gasteiger partial charge >= 0.3 is 0 Å². The van der Waals surface area contributed by atoms with Crippen LogP contribution < -0.4 is 9.64 Å². The Morgan fingerprint density at radius 2 is 2.35 bits per heavy atom. The Hall–Kier alpha value is -2.11. The summed E-state index contributed by atoms with van der Waals surface area (Å²) in [5.41, 5.74) is 1.30. The summed E-state index contributed by atoms with van der Waals surface area (Å²) in [6.45, 7) is 1.99. The fraction of sp³-hybridized carbons (Fsp3) is 0.500.